The summed E-state index contributed by atoms with van der Waals surface area (Å²) in [5.41, 5.74) is -1.64. The van der Waals surface area contributed by atoms with E-state index in [1.807, 2.05) is 0 Å². The van der Waals surface area contributed by atoms with Crippen molar-refractivity contribution in [1.82, 2.24) is 5.32 Å². The van der Waals surface area contributed by atoms with Gasteiger partial charge in [-0.25, -0.2) is 8.42 Å². The molecule has 0 radical (unpaired) electrons. The highest BCUT2D eigenvalue weighted by Gasteiger charge is 2.36. The Kier molecular flexibility index (Phi) is 6.02. The van der Waals surface area contributed by atoms with Gasteiger partial charge in [-0.2, -0.15) is 13.2 Å². The minimum atomic E-state index is -4.44. The van der Waals surface area contributed by atoms with Crippen molar-refractivity contribution in [1.29, 1.82) is 0 Å². The van der Waals surface area contributed by atoms with E-state index in [0.29, 0.717) is 5.56 Å². The highest BCUT2D eigenvalue weighted by atomic mass is 32.2. The fourth-order valence-corrected chi connectivity index (χ4v) is 4.43. The third-order valence-electron chi connectivity index (χ3n) is 4.59. The quantitative estimate of drug-likeness (QED) is 0.801. The maximum absolute atomic E-state index is 12.7. The lowest BCUT2D eigenvalue weighted by atomic mass is 9.95. The maximum atomic E-state index is 12.7. The van der Waals surface area contributed by atoms with Gasteiger partial charge < -0.3 is 10.4 Å². The lowest BCUT2D eigenvalue weighted by Gasteiger charge is -2.32. The van der Waals surface area contributed by atoms with Gasteiger partial charge in [-0.15, -0.1) is 0 Å². The van der Waals surface area contributed by atoms with Crippen molar-refractivity contribution in [3.05, 3.63) is 35.4 Å². The van der Waals surface area contributed by atoms with Gasteiger partial charge in [0.25, 0.3) is 0 Å². The van der Waals surface area contributed by atoms with Gasteiger partial charge in [0.1, 0.15) is 0 Å². The molecule has 1 atom stereocenters. The molecule has 1 aliphatic heterocycles. The standard InChI is InChI=1S/C17H22F3NO4S/c1-12(9-13-3-2-4-14(10-13)17(18,19)20)15(22)21-11-16(23)5-7-26(24,25)8-6-16/h2-4,10,12,23H,5-9,11H2,1H3,(H,21,22)/t12-/m1/s1. The second kappa shape index (κ2) is 7.56. The summed E-state index contributed by atoms with van der Waals surface area (Å²) in [6.07, 6.45) is -4.20. The average Bonchev–Trinajstić information content (AvgIpc) is 2.55. The van der Waals surface area contributed by atoms with Crippen LogP contribution in [0.5, 0.6) is 0 Å². The fourth-order valence-electron chi connectivity index (χ4n) is 2.84. The van der Waals surface area contributed by atoms with Gasteiger partial charge in [0.2, 0.25) is 5.91 Å². The van der Waals surface area contributed by atoms with Crippen LogP contribution >= 0.6 is 0 Å². The summed E-state index contributed by atoms with van der Waals surface area (Å²) in [5, 5.41) is 12.9. The van der Waals surface area contributed by atoms with E-state index in [2.05, 4.69) is 5.32 Å². The molecule has 0 bridgehead atoms. The van der Waals surface area contributed by atoms with Gasteiger partial charge in [-0.1, -0.05) is 25.1 Å². The molecule has 9 heteroatoms. The average molecular weight is 393 g/mol. The number of halogens is 3. The maximum Gasteiger partial charge on any atom is 0.416 e. The Labute approximate surface area is 150 Å². The molecule has 146 valence electrons. The first-order chi connectivity index (χ1) is 11.9. The third kappa shape index (κ3) is 5.70. The van der Waals surface area contributed by atoms with E-state index in [4.69, 9.17) is 0 Å². The van der Waals surface area contributed by atoms with Gasteiger partial charge in [-0.05, 0) is 30.9 Å². The number of carbonyl (C=O) groups is 1. The largest absolute Gasteiger partial charge is 0.416 e. The first-order valence-corrected chi connectivity index (χ1v) is 10.1. The summed E-state index contributed by atoms with van der Waals surface area (Å²) in [4.78, 5) is 12.2. The lowest BCUT2D eigenvalue weighted by Crippen LogP contribution is -2.49. The summed E-state index contributed by atoms with van der Waals surface area (Å²) in [6, 6.07) is 4.82. The minimum absolute atomic E-state index is 0.0532. The van der Waals surface area contributed by atoms with Crippen LogP contribution in [-0.2, 0) is 27.2 Å². The Morgan fingerprint density at radius 2 is 1.92 bits per heavy atom. The number of nitrogens with one attached hydrogen (secondary N) is 1. The second-order valence-corrected chi connectivity index (χ2v) is 9.20. The molecule has 0 aliphatic carbocycles. The molecule has 1 heterocycles. The molecule has 5 nitrogen and oxygen atoms in total. The van der Waals surface area contributed by atoms with E-state index >= 15 is 0 Å². The minimum Gasteiger partial charge on any atom is -0.388 e. The second-order valence-electron chi connectivity index (χ2n) is 6.90. The molecule has 0 unspecified atom stereocenters. The zero-order valence-electron chi connectivity index (χ0n) is 14.3. The number of rotatable bonds is 5. The fraction of sp³-hybridized carbons (Fsp3) is 0.588. The van der Waals surface area contributed by atoms with Gasteiger partial charge >= 0.3 is 6.18 Å². The van der Waals surface area contributed by atoms with Crippen LogP contribution in [0.3, 0.4) is 0 Å². The molecule has 2 N–H and O–H groups in total. The molecule has 1 aliphatic rings. The van der Waals surface area contributed by atoms with Gasteiger partial charge in [0.15, 0.2) is 9.84 Å². The van der Waals surface area contributed by atoms with Crippen LogP contribution in [0, 0.1) is 5.92 Å². The van der Waals surface area contributed by atoms with E-state index in [0.717, 1.165) is 12.1 Å². The number of aliphatic hydroxyl groups is 1. The number of hydrogen-bond acceptors (Lipinski definition) is 4. The Hall–Kier alpha value is -1.61. The Bertz CT molecular complexity index is 748. The van der Waals surface area contributed by atoms with Crippen LogP contribution in [0.2, 0.25) is 0 Å². The molecule has 2 rings (SSSR count). The van der Waals surface area contributed by atoms with E-state index < -0.39 is 39.0 Å². The number of hydrogen-bond donors (Lipinski definition) is 2. The SMILES string of the molecule is C[C@H](Cc1cccc(C(F)(F)F)c1)C(=O)NCC1(O)CCS(=O)(=O)CC1. The van der Waals surface area contributed by atoms with Crippen molar-refractivity contribution in [3.63, 3.8) is 0 Å². The zero-order valence-corrected chi connectivity index (χ0v) is 15.2. The number of sulfone groups is 1. The molecule has 1 aromatic rings. The number of alkyl halides is 3. The van der Waals surface area contributed by atoms with Crippen molar-refractivity contribution in [3.8, 4) is 0 Å². The molecule has 1 amide bonds. The van der Waals surface area contributed by atoms with E-state index in [1.165, 1.54) is 12.1 Å². The number of amides is 1. The van der Waals surface area contributed by atoms with Gasteiger partial charge in [0, 0.05) is 12.5 Å². The molecular weight excluding hydrogens is 371 g/mol. The smallest absolute Gasteiger partial charge is 0.388 e. The molecule has 26 heavy (non-hydrogen) atoms. The Balaban J connectivity index is 1.90. The van der Waals surface area contributed by atoms with Gasteiger partial charge in [-0.3, -0.25) is 4.79 Å². The van der Waals surface area contributed by atoms with E-state index in [-0.39, 0.29) is 37.3 Å². The first-order valence-electron chi connectivity index (χ1n) is 8.27. The van der Waals surface area contributed by atoms with Crippen LogP contribution in [0.25, 0.3) is 0 Å². The zero-order chi connectivity index (χ0) is 19.6. The van der Waals surface area contributed by atoms with Crippen LogP contribution in [-0.4, -0.2) is 43.1 Å². The van der Waals surface area contributed by atoms with Crippen LogP contribution in [0.4, 0.5) is 13.2 Å². The molecule has 1 aromatic carbocycles. The topological polar surface area (TPSA) is 83.5 Å². The van der Waals surface area contributed by atoms with Crippen molar-refractivity contribution in [2.75, 3.05) is 18.1 Å². The summed E-state index contributed by atoms with van der Waals surface area (Å²) in [5.74, 6) is -1.24. The van der Waals surface area contributed by atoms with Crippen LogP contribution in [0.15, 0.2) is 24.3 Å². The highest BCUT2D eigenvalue weighted by molar-refractivity contribution is 7.91. The predicted octanol–water partition coefficient (Wildman–Crippen LogP) is 1.94. The lowest BCUT2D eigenvalue weighted by molar-refractivity contribution is -0.137. The van der Waals surface area contributed by atoms with Crippen molar-refractivity contribution in [2.24, 2.45) is 5.92 Å². The van der Waals surface area contributed by atoms with Crippen molar-refractivity contribution >= 4 is 15.7 Å². The van der Waals surface area contributed by atoms with Gasteiger partial charge in [0.05, 0.1) is 22.7 Å². The Morgan fingerprint density at radius 1 is 1.31 bits per heavy atom. The molecule has 1 fully saturated rings. The molecular formula is C17H22F3NO4S. The Morgan fingerprint density at radius 3 is 2.50 bits per heavy atom. The predicted molar refractivity (Wildman–Crippen MR) is 90.2 cm³/mol. The summed E-state index contributed by atoms with van der Waals surface area (Å²) in [6.45, 7) is 1.51. The summed E-state index contributed by atoms with van der Waals surface area (Å²) < 4.78 is 61.0. The number of benzene rings is 1. The summed E-state index contributed by atoms with van der Waals surface area (Å²) >= 11 is 0. The van der Waals surface area contributed by atoms with Crippen molar-refractivity contribution < 1.29 is 31.5 Å². The molecule has 0 saturated carbocycles. The van der Waals surface area contributed by atoms with Crippen LogP contribution in [0.1, 0.15) is 30.9 Å². The third-order valence-corrected chi connectivity index (χ3v) is 6.24. The van der Waals surface area contributed by atoms with Crippen LogP contribution < -0.4 is 5.32 Å². The summed E-state index contributed by atoms with van der Waals surface area (Å²) in [7, 11) is -3.13. The molecule has 0 spiro atoms. The number of carbonyl (C=O) groups excluding carboxylic acids is 1. The van der Waals surface area contributed by atoms with Crippen molar-refractivity contribution in [2.45, 2.75) is 38.0 Å². The monoisotopic (exact) mass is 393 g/mol. The first kappa shape index (κ1) is 20.7. The van der Waals surface area contributed by atoms with E-state index in [9.17, 15) is 31.5 Å². The highest BCUT2D eigenvalue weighted by Crippen LogP contribution is 2.30. The molecule has 1 saturated heterocycles. The molecule has 0 aromatic heterocycles. The van der Waals surface area contributed by atoms with E-state index in [1.54, 1.807) is 6.92 Å². The normalized spacial score (nSPS) is 20.3.